The van der Waals surface area contributed by atoms with Gasteiger partial charge in [0.05, 0.1) is 5.02 Å². The molecule has 1 aliphatic carbocycles. The predicted octanol–water partition coefficient (Wildman–Crippen LogP) is 4.15. The smallest absolute Gasteiger partial charge is 0.224 e. The fourth-order valence-corrected chi connectivity index (χ4v) is 2.10. The van der Waals surface area contributed by atoms with Crippen LogP contribution in [0.4, 0.5) is 5.82 Å². The van der Waals surface area contributed by atoms with Gasteiger partial charge in [-0.3, -0.25) is 0 Å². The monoisotopic (exact) mass is 289 g/mol. The maximum atomic E-state index is 6.15. The van der Waals surface area contributed by atoms with Gasteiger partial charge in [0.2, 0.25) is 5.88 Å². The van der Waals surface area contributed by atoms with Crippen molar-refractivity contribution in [1.29, 1.82) is 0 Å². The van der Waals surface area contributed by atoms with Crippen LogP contribution in [0.3, 0.4) is 0 Å². The first-order valence-electron chi connectivity index (χ1n) is 6.66. The second-order valence-corrected chi connectivity index (χ2v) is 5.42. The average molecular weight is 290 g/mol. The lowest BCUT2D eigenvalue weighted by molar-refractivity contribution is 0.459. The van der Waals surface area contributed by atoms with Gasteiger partial charge in [0.25, 0.3) is 0 Å². The van der Waals surface area contributed by atoms with Crippen LogP contribution in [0.25, 0.3) is 0 Å². The largest absolute Gasteiger partial charge is 0.437 e. The van der Waals surface area contributed by atoms with Gasteiger partial charge in [-0.1, -0.05) is 17.7 Å². The molecule has 1 heterocycles. The van der Waals surface area contributed by atoms with Crippen molar-refractivity contribution in [3.63, 3.8) is 0 Å². The Balaban J connectivity index is 1.93. The second kappa shape index (κ2) is 5.29. The molecular formula is C15H16ClN3O. The third-order valence-electron chi connectivity index (χ3n) is 3.22. The summed E-state index contributed by atoms with van der Waals surface area (Å²) in [6, 6.07) is 7.46. The van der Waals surface area contributed by atoms with Crippen LogP contribution >= 0.6 is 11.6 Å². The maximum absolute atomic E-state index is 6.15. The topological polar surface area (TPSA) is 47.0 Å². The maximum Gasteiger partial charge on any atom is 0.224 e. The predicted molar refractivity (Wildman–Crippen MR) is 79.8 cm³/mol. The van der Waals surface area contributed by atoms with Crippen LogP contribution in [-0.2, 0) is 0 Å². The van der Waals surface area contributed by atoms with Crippen LogP contribution in [0.1, 0.15) is 30.1 Å². The normalized spacial score (nSPS) is 14.2. The summed E-state index contributed by atoms with van der Waals surface area (Å²) < 4.78 is 5.83. The molecule has 0 amide bonds. The highest BCUT2D eigenvalue weighted by Crippen LogP contribution is 2.39. The van der Waals surface area contributed by atoms with Crippen LogP contribution in [0.5, 0.6) is 11.6 Å². The number of benzene rings is 1. The van der Waals surface area contributed by atoms with Crippen LogP contribution in [0, 0.1) is 6.92 Å². The first kappa shape index (κ1) is 13.2. The summed E-state index contributed by atoms with van der Waals surface area (Å²) >= 11 is 6.15. The number of ether oxygens (including phenoxy) is 1. The van der Waals surface area contributed by atoms with Crippen molar-refractivity contribution < 1.29 is 4.74 Å². The molecule has 0 unspecified atom stereocenters. The lowest BCUT2D eigenvalue weighted by Crippen LogP contribution is -2.01. The summed E-state index contributed by atoms with van der Waals surface area (Å²) in [6.45, 7) is 2.00. The summed E-state index contributed by atoms with van der Waals surface area (Å²) in [7, 11) is 1.84. The van der Waals surface area contributed by atoms with E-state index < -0.39 is 0 Å². The standard InChI is InChI=1S/C15H16ClN3O/c1-9-3-6-11(16)12(7-9)20-14-8-13(17-2)18-15(19-14)10-4-5-10/h3,6-8,10H,4-5H2,1-2H3,(H,17,18,19). The van der Waals surface area contributed by atoms with E-state index in [0.717, 1.165) is 30.0 Å². The lowest BCUT2D eigenvalue weighted by Gasteiger charge is -2.10. The lowest BCUT2D eigenvalue weighted by atomic mass is 10.2. The number of anilines is 1. The minimum absolute atomic E-state index is 0.471. The van der Waals surface area contributed by atoms with E-state index in [1.165, 1.54) is 0 Å². The van der Waals surface area contributed by atoms with E-state index in [2.05, 4.69) is 15.3 Å². The highest BCUT2D eigenvalue weighted by atomic mass is 35.5. The molecule has 104 valence electrons. The third-order valence-corrected chi connectivity index (χ3v) is 3.53. The summed E-state index contributed by atoms with van der Waals surface area (Å²) in [6.07, 6.45) is 2.30. The Bertz CT molecular complexity index is 641. The number of hydrogen-bond acceptors (Lipinski definition) is 4. The van der Waals surface area contributed by atoms with Gasteiger partial charge in [-0.15, -0.1) is 0 Å². The molecule has 4 nitrogen and oxygen atoms in total. The van der Waals surface area contributed by atoms with E-state index >= 15 is 0 Å². The molecule has 1 saturated carbocycles. The number of aromatic nitrogens is 2. The molecule has 5 heteroatoms. The minimum Gasteiger partial charge on any atom is -0.437 e. The molecular weight excluding hydrogens is 274 g/mol. The minimum atomic E-state index is 0.471. The zero-order valence-electron chi connectivity index (χ0n) is 11.5. The van der Waals surface area contributed by atoms with Crippen LogP contribution < -0.4 is 10.1 Å². The van der Waals surface area contributed by atoms with Gasteiger partial charge in [0.15, 0.2) is 0 Å². The summed E-state index contributed by atoms with van der Waals surface area (Å²) in [5, 5.41) is 3.62. The van der Waals surface area contributed by atoms with Gasteiger partial charge in [-0.2, -0.15) is 4.98 Å². The van der Waals surface area contributed by atoms with Crippen molar-refractivity contribution in [3.8, 4) is 11.6 Å². The van der Waals surface area contributed by atoms with Gasteiger partial charge in [-0.25, -0.2) is 4.98 Å². The number of nitrogens with one attached hydrogen (secondary N) is 1. The molecule has 0 bridgehead atoms. The molecule has 1 aliphatic rings. The highest BCUT2D eigenvalue weighted by Gasteiger charge is 2.27. The fourth-order valence-electron chi connectivity index (χ4n) is 1.95. The second-order valence-electron chi connectivity index (χ2n) is 5.01. The molecule has 0 aliphatic heterocycles. The van der Waals surface area contributed by atoms with Crippen molar-refractivity contribution >= 4 is 17.4 Å². The molecule has 1 fully saturated rings. The van der Waals surface area contributed by atoms with Gasteiger partial charge in [0.1, 0.15) is 17.4 Å². The summed E-state index contributed by atoms with van der Waals surface area (Å²) in [5.74, 6) is 3.22. The Kier molecular flexibility index (Phi) is 3.49. The Morgan fingerprint density at radius 3 is 2.75 bits per heavy atom. The van der Waals surface area contributed by atoms with Gasteiger partial charge >= 0.3 is 0 Å². The molecule has 2 aromatic rings. The molecule has 1 aromatic carbocycles. The molecule has 3 rings (SSSR count). The van der Waals surface area contributed by atoms with Crippen molar-refractivity contribution in [2.75, 3.05) is 12.4 Å². The van der Waals surface area contributed by atoms with Crippen molar-refractivity contribution in [3.05, 3.63) is 40.7 Å². The SMILES string of the molecule is CNc1cc(Oc2cc(C)ccc2Cl)nc(C2CC2)n1. The van der Waals surface area contributed by atoms with Crippen molar-refractivity contribution in [2.24, 2.45) is 0 Å². The van der Waals surface area contributed by atoms with Crippen molar-refractivity contribution in [2.45, 2.75) is 25.7 Å². The zero-order chi connectivity index (χ0) is 14.1. The molecule has 0 spiro atoms. The van der Waals surface area contributed by atoms with Crippen molar-refractivity contribution in [1.82, 2.24) is 9.97 Å². The molecule has 1 aromatic heterocycles. The first-order chi connectivity index (χ1) is 9.65. The highest BCUT2D eigenvalue weighted by molar-refractivity contribution is 6.32. The fraction of sp³-hybridized carbons (Fsp3) is 0.333. The van der Waals surface area contributed by atoms with E-state index in [0.29, 0.717) is 22.6 Å². The number of hydrogen-bond donors (Lipinski definition) is 1. The molecule has 0 saturated heterocycles. The Morgan fingerprint density at radius 1 is 1.25 bits per heavy atom. The van der Waals surface area contributed by atoms with Crippen LogP contribution in [0.15, 0.2) is 24.3 Å². The first-order valence-corrected chi connectivity index (χ1v) is 7.04. The van der Waals surface area contributed by atoms with E-state index in [-0.39, 0.29) is 0 Å². The molecule has 20 heavy (non-hydrogen) atoms. The Hall–Kier alpha value is -1.81. The summed E-state index contributed by atoms with van der Waals surface area (Å²) in [4.78, 5) is 8.94. The number of halogens is 1. The number of aryl methyl sites for hydroxylation is 1. The Labute approximate surface area is 123 Å². The summed E-state index contributed by atoms with van der Waals surface area (Å²) in [5.41, 5.74) is 1.09. The van der Waals surface area contributed by atoms with E-state index in [9.17, 15) is 0 Å². The van der Waals surface area contributed by atoms with Crippen LogP contribution in [-0.4, -0.2) is 17.0 Å². The third kappa shape index (κ3) is 2.85. The van der Waals surface area contributed by atoms with E-state index in [1.54, 1.807) is 6.07 Å². The van der Waals surface area contributed by atoms with Crippen LogP contribution in [0.2, 0.25) is 5.02 Å². The average Bonchev–Trinajstić information content (AvgIpc) is 3.27. The number of nitrogens with zero attached hydrogens (tertiary/aromatic N) is 2. The number of rotatable bonds is 4. The van der Waals surface area contributed by atoms with Gasteiger partial charge in [-0.05, 0) is 37.5 Å². The molecule has 1 N–H and O–H groups in total. The quantitative estimate of drug-likeness (QED) is 0.918. The van der Waals surface area contributed by atoms with E-state index in [1.807, 2.05) is 32.2 Å². The molecule has 0 radical (unpaired) electrons. The van der Waals surface area contributed by atoms with Gasteiger partial charge in [0, 0.05) is 19.0 Å². The van der Waals surface area contributed by atoms with Gasteiger partial charge < -0.3 is 10.1 Å². The zero-order valence-corrected chi connectivity index (χ0v) is 12.2. The Morgan fingerprint density at radius 2 is 2.05 bits per heavy atom. The van der Waals surface area contributed by atoms with E-state index in [4.69, 9.17) is 16.3 Å². The molecule has 0 atom stereocenters.